The summed E-state index contributed by atoms with van der Waals surface area (Å²) in [4.78, 5) is 13.4. The summed E-state index contributed by atoms with van der Waals surface area (Å²) in [7, 11) is 0. The average molecular weight is 220 g/mol. The highest BCUT2D eigenvalue weighted by Crippen LogP contribution is 2.20. The molecule has 14 heavy (non-hydrogen) atoms. The van der Waals surface area contributed by atoms with E-state index in [0.29, 0.717) is 12.3 Å². The van der Waals surface area contributed by atoms with Crippen LogP contribution in [0.1, 0.15) is 32.6 Å². The Hall–Kier alpha value is -0.280. The van der Waals surface area contributed by atoms with Crippen molar-refractivity contribution in [3.05, 3.63) is 0 Å². The second kappa shape index (κ2) is 5.56. The molecule has 1 saturated heterocycles. The molecule has 0 aromatic rings. The first-order chi connectivity index (χ1) is 6.66. The van der Waals surface area contributed by atoms with Crippen LogP contribution in [-0.4, -0.2) is 40.5 Å². The van der Waals surface area contributed by atoms with Gasteiger partial charge in [0, 0.05) is 18.8 Å². The fourth-order valence-corrected chi connectivity index (χ4v) is 2.15. The zero-order chi connectivity index (χ0) is 10.6. The lowest BCUT2D eigenvalue weighted by Crippen LogP contribution is -2.48. The number of rotatable bonds is 3. The van der Waals surface area contributed by atoms with Crippen LogP contribution in [0.5, 0.6) is 0 Å². The van der Waals surface area contributed by atoms with E-state index in [1.54, 1.807) is 11.8 Å². The molecule has 0 aliphatic carbocycles. The van der Waals surface area contributed by atoms with Crippen LogP contribution in [0, 0.1) is 0 Å². The molecule has 0 aromatic heterocycles. The quantitative estimate of drug-likeness (QED) is 0.729. The van der Waals surface area contributed by atoms with Crippen molar-refractivity contribution in [2.75, 3.05) is 12.4 Å². The minimum Gasteiger partial charge on any atom is -0.391 e. The van der Waals surface area contributed by atoms with Crippen molar-refractivity contribution in [1.82, 2.24) is 4.90 Å². The van der Waals surface area contributed by atoms with E-state index in [2.05, 4.69) is 0 Å². The van der Waals surface area contributed by atoms with Gasteiger partial charge in [-0.05, 0) is 26.2 Å². The number of hydrogen-bond donors (Lipinski definition) is 1. The lowest BCUT2D eigenvalue weighted by atomic mass is 9.98. The average Bonchev–Trinajstić information content (AvgIpc) is 2.18. The maximum absolute atomic E-state index is 11.6. The number of carbonyl (C=O) groups excluding carboxylic acids is 1. The summed E-state index contributed by atoms with van der Waals surface area (Å²) in [5, 5.41) is 9.54. The van der Waals surface area contributed by atoms with Gasteiger partial charge in [0.05, 0.1) is 12.1 Å². The standard InChI is InChI=1S/C10H18ClNO2/c1-8(13)9-4-2-3-7-12(9)10(14)5-6-11/h8-9,13H,2-7H2,1H3/t8-,9+/m1/s1. The molecule has 0 spiro atoms. The van der Waals surface area contributed by atoms with Gasteiger partial charge in [0.2, 0.25) is 5.91 Å². The molecule has 1 amide bonds. The highest BCUT2D eigenvalue weighted by Gasteiger charge is 2.29. The minimum absolute atomic E-state index is 0.000494. The van der Waals surface area contributed by atoms with Gasteiger partial charge in [-0.15, -0.1) is 11.6 Å². The van der Waals surface area contributed by atoms with Crippen LogP contribution in [0.3, 0.4) is 0 Å². The maximum Gasteiger partial charge on any atom is 0.224 e. The van der Waals surface area contributed by atoms with E-state index in [1.807, 2.05) is 0 Å². The maximum atomic E-state index is 11.6. The van der Waals surface area contributed by atoms with Crippen LogP contribution in [0.4, 0.5) is 0 Å². The van der Waals surface area contributed by atoms with Crippen LogP contribution < -0.4 is 0 Å². The first-order valence-corrected chi connectivity index (χ1v) is 5.73. The van der Waals surface area contributed by atoms with Gasteiger partial charge >= 0.3 is 0 Å². The number of alkyl halides is 1. The molecular weight excluding hydrogens is 202 g/mol. The SMILES string of the molecule is C[C@@H](O)[C@@H]1CCCCN1C(=O)CCCl. The molecule has 3 nitrogen and oxygen atoms in total. The third-order valence-corrected chi connectivity index (χ3v) is 2.92. The smallest absolute Gasteiger partial charge is 0.224 e. The Bertz CT molecular complexity index is 197. The molecule has 1 heterocycles. The van der Waals surface area contributed by atoms with Crippen LogP contribution in [0.25, 0.3) is 0 Å². The van der Waals surface area contributed by atoms with Gasteiger partial charge in [0.25, 0.3) is 0 Å². The molecule has 82 valence electrons. The zero-order valence-electron chi connectivity index (χ0n) is 8.58. The van der Waals surface area contributed by atoms with E-state index in [1.165, 1.54) is 0 Å². The zero-order valence-corrected chi connectivity index (χ0v) is 9.33. The second-order valence-electron chi connectivity index (χ2n) is 3.83. The van der Waals surface area contributed by atoms with Crippen molar-refractivity contribution < 1.29 is 9.90 Å². The summed E-state index contributed by atoms with van der Waals surface area (Å²) in [6.45, 7) is 2.52. The van der Waals surface area contributed by atoms with Crippen molar-refractivity contribution in [3.8, 4) is 0 Å². The van der Waals surface area contributed by atoms with E-state index in [-0.39, 0.29) is 11.9 Å². The van der Waals surface area contributed by atoms with Crippen molar-refractivity contribution >= 4 is 17.5 Å². The van der Waals surface area contributed by atoms with Gasteiger partial charge in [-0.2, -0.15) is 0 Å². The van der Waals surface area contributed by atoms with Crippen LogP contribution in [0.15, 0.2) is 0 Å². The Morgan fingerprint density at radius 3 is 2.93 bits per heavy atom. The lowest BCUT2D eigenvalue weighted by Gasteiger charge is -2.37. The fraction of sp³-hybridized carbons (Fsp3) is 0.900. The normalized spacial score (nSPS) is 24.8. The summed E-state index contributed by atoms with van der Waals surface area (Å²) in [5.74, 6) is 0.438. The van der Waals surface area contributed by atoms with E-state index >= 15 is 0 Å². The molecule has 1 fully saturated rings. The Morgan fingerprint density at radius 1 is 1.64 bits per heavy atom. The van der Waals surface area contributed by atoms with Gasteiger partial charge in [0.1, 0.15) is 0 Å². The molecule has 0 bridgehead atoms. The Balaban J connectivity index is 2.57. The van der Waals surface area contributed by atoms with Gasteiger partial charge < -0.3 is 10.0 Å². The number of piperidine rings is 1. The number of hydrogen-bond acceptors (Lipinski definition) is 2. The summed E-state index contributed by atoms with van der Waals surface area (Å²) < 4.78 is 0. The highest BCUT2D eigenvalue weighted by molar-refractivity contribution is 6.18. The van der Waals surface area contributed by atoms with Crippen molar-refractivity contribution in [1.29, 1.82) is 0 Å². The van der Waals surface area contributed by atoms with Crippen LogP contribution >= 0.6 is 11.6 Å². The largest absolute Gasteiger partial charge is 0.391 e. The summed E-state index contributed by atoms with van der Waals surface area (Å²) in [6.07, 6.45) is 2.99. The number of halogens is 1. The van der Waals surface area contributed by atoms with Gasteiger partial charge in [-0.25, -0.2) is 0 Å². The fourth-order valence-electron chi connectivity index (χ4n) is 1.99. The summed E-state index contributed by atoms with van der Waals surface area (Å²) >= 11 is 5.53. The number of aliphatic hydroxyl groups excluding tert-OH is 1. The molecule has 0 saturated carbocycles. The molecule has 1 N–H and O–H groups in total. The molecule has 2 atom stereocenters. The summed E-state index contributed by atoms with van der Waals surface area (Å²) in [5.41, 5.74) is 0. The number of carbonyl (C=O) groups is 1. The van der Waals surface area contributed by atoms with Gasteiger partial charge in [-0.3, -0.25) is 4.79 Å². The molecule has 4 heteroatoms. The van der Waals surface area contributed by atoms with Gasteiger partial charge in [-0.1, -0.05) is 0 Å². The third kappa shape index (κ3) is 2.85. The van der Waals surface area contributed by atoms with E-state index in [9.17, 15) is 9.90 Å². The molecular formula is C10H18ClNO2. The first-order valence-electron chi connectivity index (χ1n) is 5.20. The third-order valence-electron chi connectivity index (χ3n) is 2.73. The number of nitrogens with zero attached hydrogens (tertiary/aromatic N) is 1. The molecule has 0 aromatic carbocycles. The van der Waals surface area contributed by atoms with Crippen molar-refractivity contribution in [2.24, 2.45) is 0 Å². The molecule has 0 radical (unpaired) electrons. The van der Waals surface area contributed by atoms with Crippen molar-refractivity contribution in [2.45, 2.75) is 44.8 Å². The van der Waals surface area contributed by atoms with Crippen LogP contribution in [0.2, 0.25) is 0 Å². The Kier molecular flexibility index (Phi) is 4.69. The molecule has 1 rings (SSSR count). The Labute approximate surface area is 90.0 Å². The monoisotopic (exact) mass is 219 g/mol. The van der Waals surface area contributed by atoms with E-state index < -0.39 is 6.10 Å². The minimum atomic E-state index is -0.436. The van der Waals surface area contributed by atoms with E-state index in [4.69, 9.17) is 11.6 Å². The number of amides is 1. The molecule has 1 aliphatic rings. The summed E-state index contributed by atoms with van der Waals surface area (Å²) in [6, 6.07) is -0.000494. The van der Waals surface area contributed by atoms with Crippen molar-refractivity contribution in [3.63, 3.8) is 0 Å². The number of aliphatic hydroxyl groups is 1. The first kappa shape index (κ1) is 11.8. The predicted octanol–water partition coefficient (Wildman–Crippen LogP) is 1.38. The highest BCUT2D eigenvalue weighted by atomic mass is 35.5. The van der Waals surface area contributed by atoms with E-state index in [0.717, 1.165) is 25.8 Å². The topological polar surface area (TPSA) is 40.5 Å². The number of likely N-dealkylation sites (tertiary alicyclic amines) is 1. The second-order valence-corrected chi connectivity index (χ2v) is 4.21. The molecule has 0 unspecified atom stereocenters. The Morgan fingerprint density at radius 2 is 2.36 bits per heavy atom. The van der Waals surface area contributed by atoms with Crippen LogP contribution in [-0.2, 0) is 4.79 Å². The lowest BCUT2D eigenvalue weighted by molar-refractivity contribution is -0.137. The van der Waals surface area contributed by atoms with Gasteiger partial charge in [0.15, 0.2) is 0 Å². The molecule has 1 aliphatic heterocycles. The predicted molar refractivity (Wildman–Crippen MR) is 56.4 cm³/mol.